The molecule has 11 aliphatic rings. The molecule has 11 aliphatic carbocycles. The van der Waals surface area contributed by atoms with Crippen molar-refractivity contribution < 1.29 is 137 Å². The van der Waals surface area contributed by atoms with Crippen LogP contribution in [0.4, 0.5) is 35.1 Å². The molecule has 0 aliphatic heterocycles. The Morgan fingerprint density at radius 1 is 0.453 bits per heavy atom. The Balaban J connectivity index is 0.000000152. The summed E-state index contributed by atoms with van der Waals surface area (Å²) < 4.78 is 149. The number of carbonyl (C=O) groups is 4. The van der Waals surface area contributed by atoms with Crippen LogP contribution in [0.2, 0.25) is 0 Å². The predicted molar refractivity (Wildman–Crippen MR) is 359 cm³/mol. The molecular formula is C73H84F8O21S4-4. The molecule has 0 spiro atoms. The number of hydrogen-bond donors (Lipinski definition) is 0. The fraction of sp³-hybridized carbons (Fsp3) is 0.616. The second kappa shape index (κ2) is 35.9. The number of methoxy groups -OCH3 is 1. The molecule has 0 heterocycles. The third-order valence-electron chi connectivity index (χ3n) is 22.9. The molecule has 21 nitrogen and oxygen atoms in total. The van der Waals surface area contributed by atoms with Crippen LogP contribution in [0.3, 0.4) is 0 Å². The largest absolute Gasteiger partial charge is 0.691 e. The van der Waals surface area contributed by atoms with E-state index >= 15 is 0 Å². The van der Waals surface area contributed by atoms with Gasteiger partial charge in [-0.05, 0) is 248 Å². The average molecular weight is 1580 g/mol. The van der Waals surface area contributed by atoms with Crippen molar-refractivity contribution in [3.63, 3.8) is 0 Å². The second-order valence-electron chi connectivity index (χ2n) is 30.1. The molecule has 0 radical (unpaired) electrons. The van der Waals surface area contributed by atoms with Crippen LogP contribution in [0.15, 0.2) is 97.1 Å². The Morgan fingerprint density at radius 3 is 1.36 bits per heavy atom. The third kappa shape index (κ3) is 20.7. The number of ether oxygens (including phenoxy) is 5. The van der Waals surface area contributed by atoms with E-state index in [1.165, 1.54) is 38.9 Å². The van der Waals surface area contributed by atoms with E-state index in [9.17, 15) is 75.3 Å². The number of hydrogen-bond acceptors (Lipinski definition) is 25. The summed E-state index contributed by atoms with van der Waals surface area (Å²) in [5.41, 5.74) is 7.15. The highest BCUT2D eigenvalue weighted by molar-refractivity contribution is 7.97. The van der Waals surface area contributed by atoms with E-state index in [1.807, 2.05) is 45.0 Å². The van der Waals surface area contributed by atoms with Crippen LogP contribution in [0, 0.1) is 61.7 Å². The van der Waals surface area contributed by atoms with Gasteiger partial charge in [0, 0.05) is 5.41 Å². The molecule has 11 saturated carbocycles. The van der Waals surface area contributed by atoms with Gasteiger partial charge in [0.15, 0.2) is 0 Å². The molecule has 0 saturated heterocycles. The molecule has 15 rings (SSSR count). The zero-order chi connectivity index (χ0) is 76.3. The van der Waals surface area contributed by atoms with Gasteiger partial charge in [-0.3, -0.25) is 20.2 Å². The van der Waals surface area contributed by atoms with Crippen LogP contribution in [0.25, 0.3) is 0 Å². The minimum atomic E-state index is -4.00. The van der Waals surface area contributed by atoms with Gasteiger partial charge in [-0.25, -0.2) is 19.2 Å². The van der Waals surface area contributed by atoms with E-state index in [4.69, 9.17) is 23.7 Å². The summed E-state index contributed by atoms with van der Waals surface area (Å²) in [4.78, 5) is 47.2. The lowest BCUT2D eigenvalue weighted by Gasteiger charge is -2.62. The highest BCUT2D eigenvalue weighted by Gasteiger charge is 2.63. The van der Waals surface area contributed by atoms with E-state index in [1.54, 1.807) is 7.11 Å². The van der Waals surface area contributed by atoms with Crippen LogP contribution in [0.1, 0.15) is 192 Å². The SMILES string of the molecule is COc1ccc(C23CC4CC(CC(COC(=O)C(F)(F)SOO[O-])(C4)C2)C3)cc1.Cc1ccc(C23CC4CC(CC(OC(=O)C(F)(F)SOO[O-])(C4)C2)C3)cc1.Cc1ccc(C2CCC(OC(=O)C(F)(F)SOO[O-])CC2)cc1.Cc1ccc(C2CCCC3C(OC(=O)C(F)(F)SOO[O-])CCCC23)cc1. The highest BCUT2D eigenvalue weighted by Crippen LogP contribution is 2.67. The minimum absolute atomic E-state index is 0.0143. The maximum atomic E-state index is 13.9. The second-order valence-corrected chi connectivity index (χ2v) is 33.4. The summed E-state index contributed by atoms with van der Waals surface area (Å²) in [5, 5.41) is 34.5. The summed E-state index contributed by atoms with van der Waals surface area (Å²) in [6.07, 6.45) is 17.5. The number of alkyl halides is 8. The Morgan fingerprint density at radius 2 is 0.868 bits per heavy atom. The van der Waals surface area contributed by atoms with Crippen molar-refractivity contribution in [2.75, 3.05) is 13.7 Å². The van der Waals surface area contributed by atoms with Gasteiger partial charge in [-0.1, -0.05) is 108 Å². The van der Waals surface area contributed by atoms with Crippen molar-refractivity contribution in [2.45, 2.75) is 224 Å². The molecule has 8 atom stereocenters. The lowest BCUT2D eigenvalue weighted by Crippen LogP contribution is -2.59. The Labute approximate surface area is 625 Å². The highest BCUT2D eigenvalue weighted by atomic mass is 32.2. The number of fused-ring (bicyclic) bond motifs is 1. The van der Waals surface area contributed by atoms with E-state index in [0.29, 0.717) is 80.0 Å². The smallest absolute Gasteiger partial charge is 0.415 e. The molecule has 0 N–H and O–H groups in total. The number of halogens is 8. The molecule has 4 aromatic carbocycles. The average Bonchev–Trinajstić information content (AvgIpc) is 0.719. The maximum Gasteiger partial charge on any atom is 0.415 e. The van der Waals surface area contributed by atoms with E-state index in [2.05, 4.69) is 110 Å². The van der Waals surface area contributed by atoms with Gasteiger partial charge < -0.3 is 44.7 Å². The number of rotatable bonds is 26. The lowest BCUT2D eigenvalue weighted by molar-refractivity contribution is -0.777. The molecule has 0 amide bonds. The van der Waals surface area contributed by atoms with E-state index in [-0.39, 0.29) is 28.8 Å². The summed E-state index contributed by atoms with van der Waals surface area (Å²) in [6.45, 7) is 6.04. The first-order valence-electron chi connectivity index (χ1n) is 35.2. The minimum Gasteiger partial charge on any atom is -0.691 e. The van der Waals surface area contributed by atoms with Crippen LogP contribution in [-0.4, -0.2) is 76.4 Å². The summed E-state index contributed by atoms with van der Waals surface area (Å²) in [5.74, 6) is -3.18. The van der Waals surface area contributed by atoms with Crippen molar-refractivity contribution in [3.05, 3.63) is 136 Å². The standard InChI is InChI=1S/C20H24F2O6S.C19H22F2O5S.C19H24F2O5S.C15H18F2O5S/c1-25-16-4-2-15(3-5-16)19-9-13-6-14(10-19)8-18(7-13,11-19)12-26-17(23)20(21,22)29-28-27-24;1-12-2-4-15(5-3-12)17-7-13-6-14(8-17)10-18(9-13,11-17)24-16(22)19(20,21)27-26-25-23;1-12-8-10-13(11-9-12)14-4-2-6-16-15(14)5-3-7-17(16)24-18(22)19(20,21)27-26-25-23;1-10-2-4-11(5-3-10)12-6-8-13(9-7-12)20-14(18)15(16,17)23-22-21-19/h2-5,13-14,24H,6-12H2,1H3;2-5,13-14,23H,6-11H2,1H3;8-11,14-17,23H,2-7H2,1H3;2-5,12-13,19H,6-9H2,1H3/p-4. The van der Waals surface area contributed by atoms with Gasteiger partial charge in [-0.15, -0.1) is 0 Å². The predicted octanol–water partition coefficient (Wildman–Crippen LogP) is 14.2. The van der Waals surface area contributed by atoms with Crippen molar-refractivity contribution in [1.82, 2.24) is 0 Å². The molecule has 4 aromatic rings. The number of aryl methyl sites for hydroxylation is 3. The van der Waals surface area contributed by atoms with Gasteiger partial charge in [0.1, 0.15) is 71.7 Å². The number of benzene rings is 4. The fourth-order valence-corrected chi connectivity index (χ4v) is 20.4. The Bertz CT molecular complexity index is 3520. The molecule has 106 heavy (non-hydrogen) atoms. The van der Waals surface area contributed by atoms with Gasteiger partial charge >= 0.3 is 44.9 Å². The third-order valence-corrected chi connectivity index (χ3v) is 24.9. The van der Waals surface area contributed by atoms with E-state index < -0.39 is 111 Å². The molecule has 11 fully saturated rings. The van der Waals surface area contributed by atoms with Gasteiger partial charge in [0.25, 0.3) is 0 Å². The molecule has 8 unspecified atom stereocenters. The van der Waals surface area contributed by atoms with Gasteiger partial charge in [-0.2, -0.15) is 52.5 Å². The molecule has 33 heteroatoms. The van der Waals surface area contributed by atoms with Gasteiger partial charge in [0.2, 0.25) is 0 Å². The normalized spacial score (nSPS) is 29.8. The molecule has 8 bridgehead atoms. The molecular weight excluding hydrogens is 1490 g/mol. The summed E-state index contributed by atoms with van der Waals surface area (Å²) in [6, 6.07) is 33.1. The summed E-state index contributed by atoms with van der Waals surface area (Å²) in [7, 11) is 1.63. The fourth-order valence-electron chi connectivity index (χ4n) is 19.5. The Kier molecular flexibility index (Phi) is 28.3. The first-order valence-corrected chi connectivity index (χ1v) is 38.1. The molecule has 586 valence electrons. The summed E-state index contributed by atoms with van der Waals surface area (Å²) >= 11 is -2.59. The van der Waals surface area contributed by atoms with Crippen molar-refractivity contribution in [3.8, 4) is 5.75 Å². The van der Waals surface area contributed by atoms with Crippen LogP contribution < -0.4 is 25.8 Å². The maximum absolute atomic E-state index is 13.9. The molecule has 0 aromatic heterocycles. The van der Waals surface area contributed by atoms with Gasteiger partial charge in [0.05, 0.1) is 13.7 Å². The van der Waals surface area contributed by atoms with Crippen molar-refractivity contribution >= 4 is 72.0 Å². The monoisotopic (exact) mass is 1580 g/mol. The first-order chi connectivity index (χ1) is 50.4. The number of carbonyl (C=O) groups excluding carboxylic acids is 4. The topological polar surface area (TPSA) is 281 Å². The van der Waals surface area contributed by atoms with Crippen LogP contribution >= 0.6 is 48.2 Å². The lowest BCUT2D eigenvalue weighted by atomic mass is 9.43. The van der Waals surface area contributed by atoms with Crippen molar-refractivity contribution in [1.29, 1.82) is 0 Å². The Hall–Kier alpha value is -5.08. The van der Waals surface area contributed by atoms with Crippen LogP contribution in [0.5, 0.6) is 5.75 Å². The van der Waals surface area contributed by atoms with E-state index in [0.717, 1.165) is 108 Å². The zero-order valence-corrected chi connectivity index (χ0v) is 61.8. The van der Waals surface area contributed by atoms with Crippen molar-refractivity contribution in [2.24, 2.45) is 40.9 Å². The van der Waals surface area contributed by atoms with Crippen LogP contribution in [-0.2, 0) is 86.4 Å². The number of esters is 4. The quantitative estimate of drug-likeness (QED) is 0.0141. The zero-order valence-electron chi connectivity index (χ0n) is 58.5. The first kappa shape index (κ1) is 83.4.